The van der Waals surface area contributed by atoms with Crippen LogP contribution in [-0.4, -0.2) is 0 Å². The van der Waals surface area contributed by atoms with Crippen molar-refractivity contribution in [3.8, 4) is 0 Å². The minimum Gasteiger partial charge on any atom is -0.396 e. The summed E-state index contributed by atoms with van der Waals surface area (Å²) in [4.78, 5) is 0. The summed E-state index contributed by atoms with van der Waals surface area (Å²) in [5, 5.41) is 1.74. The summed E-state index contributed by atoms with van der Waals surface area (Å²) in [5.74, 6) is 0. The molecule has 0 unspecified atom stereocenters. The number of alkyl halides is 1. The lowest BCUT2D eigenvalue weighted by molar-refractivity contribution is 1.44. The van der Waals surface area contributed by atoms with E-state index in [9.17, 15) is 0 Å². The molecule has 0 bridgehead atoms. The molecule has 1 aromatic carbocycles. The molecule has 1 aromatic rings. The highest BCUT2D eigenvalue weighted by Gasteiger charge is 2.02. The van der Waals surface area contributed by atoms with Gasteiger partial charge in [-0.05, 0) is 17.7 Å². The third-order valence-electron chi connectivity index (χ3n) is 1.29. The van der Waals surface area contributed by atoms with Crippen molar-refractivity contribution in [2.24, 2.45) is 0 Å². The second-order valence-electron chi connectivity index (χ2n) is 2.11. The average Bonchev–Trinajstić information content (AvgIpc) is 1.99. The van der Waals surface area contributed by atoms with Gasteiger partial charge in [0, 0.05) is 5.33 Å². The topological polar surface area (TPSA) is 26.0 Å². The van der Waals surface area contributed by atoms with Crippen molar-refractivity contribution in [3.05, 3.63) is 27.7 Å². The summed E-state index contributed by atoms with van der Waals surface area (Å²) in [6, 6.07) is 3.58. The third-order valence-corrected chi connectivity index (χ3v) is 2.57. The van der Waals surface area contributed by atoms with Gasteiger partial charge < -0.3 is 5.73 Å². The van der Waals surface area contributed by atoms with Crippen LogP contribution >= 0.6 is 39.1 Å². The average molecular weight is 255 g/mol. The molecule has 60 valence electrons. The maximum Gasteiger partial charge on any atom is 0.0693 e. The zero-order valence-electron chi connectivity index (χ0n) is 5.57. The molecule has 0 aromatic heterocycles. The molecule has 0 aliphatic heterocycles. The fourth-order valence-corrected chi connectivity index (χ4v) is 1.57. The van der Waals surface area contributed by atoms with Crippen molar-refractivity contribution in [3.63, 3.8) is 0 Å². The molecule has 0 saturated carbocycles. The van der Waals surface area contributed by atoms with Gasteiger partial charge in [0.1, 0.15) is 0 Å². The van der Waals surface area contributed by atoms with E-state index < -0.39 is 0 Å². The smallest absolute Gasteiger partial charge is 0.0693 e. The molecular formula is C7H6BrCl2N. The van der Waals surface area contributed by atoms with Gasteiger partial charge in [-0.15, -0.1) is 0 Å². The van der Waals surface area contributed by atoms with Gasteiger partial charge in [-0.25, -0.2) is 0 Å². The van der Waals surface area contributed by atoms with E-state index in [1.807, 2.05) is 0 Å². The Hall–Kier alpha value is 0.0800. The Kier molecular flexibility index (Phi) is 3.05. The highest BCUT2D eigenvalue weighted by molar-refractivity contribution is 9.08. The van der Waals surface area contributed by atoms with Crippen LogP contribution in [0.2, 0.25) is 10.0 Å². The van der Waals surface area contributed by atoms with Gasteiger partial charge in [-0.1, -0.05) is 39.1 Å². The SMILES string of the molecule is Nc1c(Cl)cc(CBr)cc1Cl. The van der Waals surface area contributed by atoms with Gasteiger partial charge in [-0.3, -0.25) is 0 Å². The molecule has 1 nitrogen and oxygen atoms in total. The maximum atomic E-state index is 5.77. The first-order valence-electron chi connectivity index (χ1n) is 2.94. The second kappa shape index (κ2) is 3.65. The molecule has 4 heteroatoms. The summed E-state index contributed by atoms with van der Waals surface area (Å²) < 4.78 is 0. The minimum absolute atomic E-state index is 0.443. The van der Waals surface area contributed by atoms with Crippen molar-refractivity contribution in [2.45, 2.75) is 5.33 Å². The first-order chi connectivity index (χ1) is 5.15. The fourth-order valence-electron chi connectivity index (χ4n) is 0.714. The molecule has 0 fully saturated rings. The van der Waals surface area contributed by atoms with Crippen molar-refractivity contribution >= 4 is 44.8 Å². The second-order valence-corrected chi connectivity index (χ2v) is 3.48. The number of benzene rings is 1. The van der Waals surface area contributed by atoms with Gasteiger partial charge in [0.25, 0.3) is 0 Å². The molecule has 0 heterocycles. The molecule has 0 aliphatic carbocycles. The number of rotatable bonds is 1. The largest absolute Gasteiger partial charge is 0.396 e. The zero-order chi connectivity index (χ0) is 8.43. The highest BCUT2D eigenvalue weighted by atomic mass is 79.9. The van der Waals surface area contributed by atoms with Crippen LogP contribution in [0.15, 0.2) is 12.1 Å². The molecule has 0 amide bonds. The number of anilines is 1. The summed E-state index contributed by atoms with van der Waals surface area (Å²) in [7, 11) is 0. The molecule has 1 rings (SSSR count). The van der Waals surface area contributed by atoms with Crippen molar-refractivity contribution in [1.29, 1.82) is 0 Å². The van der Waals surface area contributed by atoms with Crippen LogP contribution in [0.25, 0.3) is 0 Å². The van der Waals surface area contributed by atoms with E-state index in [-0.39, 0.29) is 0 Å². The summed E-state index contributed by atoms with van der Waals surface area (Å²) >= 11 is 14.8. The molecule has 11 heavy (non-hydrogen) atoms. The number of nitrogens with two attached hydrogens (primary N) is 1. The van der Waals surface area contributed by atoms with E-state index in [0.29, 0.717) is 15.7 Å². The molecule has 2 N–H and O–H groups in total. The summed E-state index contributed by atoms with van der Waals surface area (Å²) in [6.45, 7) is 0. The van der Waals surface area contributed by atoms with Crippen LogP contribution in [-0.2, 0) is 5.33 Å². The Morgan fingerprint density at radius 3 is 2.09 bits per heavy atom. The molecule has 0 atom stereocenters. The van der Waals surface area contributed by atoms with E-state index in [1.54, 1.807) is 12.1 Å². The van der Waals surface area contributed by atoms with Crippen LogP contribution < -0.4 is 5.73 Å². The van der Waals surface area contributed by atoms with Crippen LogP contribution in [0, 0.1) is 0 Å². The van der Waals surface area contributed by atoms with Crippen LogP contribution in [0.4, 0.5) is 5.69 Å². The molecule has 0 saturated heterocycles. The van der Waals surface area contributed by atoms with E-state index >= 15 is 0 Å². The summed E-state index contributed by atoms with van der Waals surface area (Å²) in [5.41, 5.74) is 6.99. The van der Waals surface area contributed by atoms with E-state index in [4.69, 9.17) is 28.9 Å². The predicted molar refractivity (Wildman–Crippen MR) is 53.5 cm³/mol. The van der Waals surface area contributed by atoms with Crippen molar-refractivity contribution in [1.82, 2.24) is 0 Å². The Balaban J connectivity index is 3.21. The lowest BCUT2D eigenvalue weighted by Gasteiger charge is -2.02. The first kappa shape index (κ1) is 9.17. The lowest BCUT2D eigenvalue weighted by Crippen LogP contribution is -1.89. The van der Waals surface area contributed by atoms with Gasteiger partial charge in [0.05, 0.1) is 15.7 Å². The lowest BCUT2D eigenvalue weighted by atomic mass is 10.2. The predicted octanol–water partition coefficient (Wildman–Crippen LogP) is 3.47. The Labute approximate surface area is 83.6 Å². The highest BCUT2D eigenvalue weighted by Crippen LogP contribution is 2.29. The molecular weight excluding hydrogens is 249 g/mol. The number of hydrogen-bond donors (Lipinski definition) is 1. The molecule has 0 radical (unpaired) electrons. The summed E-state index contributed by atoms with van der Waals surface area (Å²) in [6.07, 6.45) is 0. The van der Waals surface area contributed by atoms with Crippen molar-refractivity contribution < 1.29 is 0 Å². The maximum absolute atomic E-state index is 5.77. The minimum atomic E-state index is 0.443. The van der Waals surface area contributed by atoms with E-state index in [1.165, 1.54) is 0 Å². The zero-order valence-corrected chi connectivity index (χ0v) is 8.67. The Morgan fingerprint density at radius 2 is 1.73 bits per heavy atom. The monoisotopic (exact) mass is 253 g/mol. The number of nitrogen functional groups attached to an aromatic ring is 1. The van der Waals surface area contributed by atoms with Gasteiger partial charge in [-0.2, -0.15) is 0 Å². The van der Waals surface area contributed by atoms with E-state index in [0.717, 1.165) is 10.9 Å². The molecule has 0 aliphatic rings. The van der Waals surface area contributed by atoms with Crippen LogP contribution in [0.5, 0.6) is 0 Å². The van der Waals surface area contributed by atoms with Crippen LogP contribution in [0.1, 0.15) is 5.56 Å². The standard InChI is InChI=1S/C7H6BrCl2N/c8-3-4-1-5(9)7(11)6(10)2-4/h1-2H,3,11H2. The van der Waals surface area contributed by atoms with Crippen molar-refractivity contribution in [2.75, 3.05) is 5.73 Å². The number of hydrogen-bond acceptors (Lipinski definition) is 1. The normalized spacial score (nSPS) is 10.1. The van der Waals surface area contributed by atoms with Crippen LogP contribution in [0.3, 0.4) is 0 Å². The molecule has 0 spiro atoms. The third kappa shape index (κ3) is 2.01. The first-order valence-corrected chi connectivity index (χ1v) is 4.82. The quantitative estimate of drug-likeness (QED) is 0.603. The Bertz CT molecular complexity index is 252. The van der Waals surface area contributed by atoms with E-state index in [2.05, 4.69) is 15.9 Å². The van der Waals surface area contributed by atoms with Gasteiger partial charge in [0.2, 0.25) is 0 Å². The number of halogens is 3. The van der Waals surface area contributed by atoms with Gasteiger partial charge in [0.15, 0.2) is 0 Å². The Morgan fingerprint density at radius 1 is 1.27 bits per heavy atom. The fraction of sp³-hybridized carbons (Fsp3) is 0.143. The van der Waals surface area contributed by atoms with Gasteiger partial charge >= 0.3 is 0 Å².